The van der Waals surface area contributed by atoms with E-state index < -0.39 is 0 Å². The maximum atomic E-state index is 11.8. The predicted octanol–water partition coefficient (Wildman–Crippen LogP) is 2.56. The Labute approximate surface area is 86.0 Å². The quantitative estimate of drug-likeness (QED) is 0.602. The molecule has 2 nitrogen and oxygen atoms in total. The van der Waals surface area contributed by atoms with Gasteiger partial charge in [-0.15, -0.1) is 11.3 Å². The zero-order chi connectivity index (χ0) is 9.97. The van der Waals surface area contributed by atoms with Crippen LogP contribution in [-0.4, -0.2) is 5.78 Å². The van der Waals surface area contributed by atoms with E-state index in [1.54, 1.807) is 24.3 Å². The van der Waals surface area contributed by atoms with Crippen LogP contribution in [0.3, 0.4) is 0 Å². The molecule has 0 aliphatic carbocycles. The van der Waals surface area contributed by atoms with Crippen molar-refractivity contribution in [3.63, 3.8) is 0 Å². The molecule has 0 spiro atoms. The van der Waals surface area contributed by atoms with Gasteiger partial charge in [0, 0.05) is 11.3 Å². The standard InChI is InChI=1S/C11H9NOS/c12-9-4-1-3-8(7-9)11(13)10-5-2-6-14-10/h1-7H,12H2. The molecule has 0 radical (unpaired) electrons. The van der Waals surface area contributed by atoms with Crippen molar-refractivity contribution >= 4 is 22.8 Å². The van der Waals surface area contributed by atoms with Gasteiger partial charge in [0.05, 0.1) is 4.88 Å². The average Bonchev–Trinajstić information content (AvgIpc) is 2.69. The van der Waals surface area contributed by atoms with Crippen molar-refractivity contribution in [3.05, 3.63) is 52.2 Å². The molecule has 14 heavy (non-hydrogen) atoms. The lowest BCUT2D eigenvalue weighted by Crippen LogP contribution is -1.99. The molecule has 1 heterocycles. The molecule has 0 amide bonds. The average molecular weight is 203 g/mol. The molecule has 0 bridgehead atoms. The Bertz CT molecular complexity index is 448. The number of thiophene rings is 1. The van der Waals surface area contributed by atoms with Gasteiger partial charge in [-0.05, 0) is 23.6 Å². The molecule has 3 heteroatoms. The summed E-state index contributed by atoms with van der Waals surface area (Å²) < 4.78 is 0. The summed E-state index contributed by atoms with van der Waals surface area (Å²) in [6.07, 6.45) is 0. The number of anilines is 1. The lowest BCUT2D eigenvalue weighted by atomic mass is 10.1. The van der Waals surface area contributed by atoms with Crippen LogP contribution in [0.2, 0.25) is 0 Å². The van der Waals surface area contributed by atoms with Gasteiger partial charge in [0.25, 0.3) is 0 Å². The largest absolute Gasteiger partial charge is 0.399 e. The summed E-state index contributed by atoms with van der Waals surface area (Å²) in [5, 5.41) is 1.89. The normalized spacial score (nSPS) is 10.0. The van der Waals surface area contributed by atoms with Gasteiger partial charge in [0.1, 0.15) is 0 Å². The van der Waals surface area contributed by atoms with Gasteiger partial charge in [-0.1, -0.05) is 18.2 Å². The molecular weight excluding hydrogens is 194 g/mol. The number of hydrogen-bond donors (Lipinski definition) is 1. The van der Waals surface area contributed by atoms with Gasteiger partial charge in [-0.2, -0.15) is 0 Å². The molecule has 2 aromatic rings. The minimum Gasteiger partial charge on any atom is -0.399 e. The van der Waals surface area contributed by atoms with Crippen molar-refractivity contribution < 1.29 is 4.79 Å². The molecule has 2 N–H and O–H groups in total. The van der Waals surface area contributed by atoms with Gasteiger partial charge in [0.2, 0.25) is 5.78 Å². The van der Waals surface area contributed by atoms with Crippen LogP contribution in [0.1, 0.15) is 15.2 Å². The summed E-state index contributed by atoms with van der Waals surface area (Å²) in [7, 11) is 0. The van der Waals surface area contributed by atoms with E-state index in [1.165, 1.54) is 11.3 Å². The molecule has 2 rings (SSSR count). The molecule has 1 aromatic carbocycles. The van der Waals surface area contributed by atoms with Crippen molar-refractivity contribution in [1.82, 2.24) is 0 Å². The van der Waals surface area contributed by atoms with E-state index in [-0.39, 0.29) is 5.78 Å². The van der Waals surface area contributed by atoms with Gasteiger partial charge >= 0.3 is 0 Å². The van der Waals surface area contributed by atoms with Crippen LogP contribution >= 0.6 is 11.3 Å². The smallest absolute Gasteiger partial charge is 0.203 e. The lowest BCUT2D eigenvalue weighted by Gasteiger charge is -1.98. The van der Waals surface area contributed by atoms with Gasteiger partial charge in [0.15, 0.2) is 0 Å². The van der Waals surface area contributed by atoms with E-state index in [2.05, 4.69) is 0 Å². The number of nitrogen functional groups attached to an aromatic ring is 1. The fourth-order valence-corrected chi connectivity index (χ4v) is 1.92. The predicted molar refractivity (Wildman–Crippen MR) is 58.6 cm³/mol. The highest BCUT2D eigenvalue weighted by molar-refractivity contribution is 7.12. The van der Waals surface area contributed by atoms with Crippen molar-refractivity contribution in [3.8, 4) is 0 Å². The molecule has 0 unspecified atom stereocenters. The second kappa shape index (κ2) is 3.64. The summed E-state index contributed by atoms with van der Waals surface area (Å²) >= 11 is 1.44. The zero-order valence-corrected chi connectivity index (χ0v) is 8.25. The minimum absolute atomic E-state index is 0.0345. The van der Waals surface area contributed by atoms with E-state index in [4.69, 9.17) is 5.73 Å². The first kappa shape index (κ1) is 8.97. The highest BCUT2D eigenvalue weighted by Crippen LogP contribution is 2.16. The third-order valence-electron chi connectivity index (χ3n) is 1.89. The molecule has 0 saturated carbocycles. The Balaban J connectivity index is 2.37. The van der Waals surface area contributed by atoms with Crippen LogP contribution in [0.4, 0.5) is 5.69 Å². The molecule has 0 atom stereocenters. The zero-order valence-electron chi connectivity index (χ0n) is 7.44. The van der Waals surface area contributed by atoms with Crippen LogP contribution in [-0.2, 0) is 0 Å². The maximum Gasteiger partial charge on any atom is 0.203 e. The van der Waals surface area contributed by atoms with Crippen LogP contribution in [0.15, 0.2) is 41.8 Å². The van der Waals surface area contributed by atoms with E-state index in [0.717, 1.165) is 4.88 Å². The monoisotopic (exact) mass is 203 g/mol. The lowest BCUT2D eigenvalue weighted by molar-refractivity contribution is 0.104. The number of rotatable bonds is 2. The molecule has 0 aliphatic heterocycles. The third-order valence-corrected chi connectivity index (χ3v) is 2.76. The van der Waals surface area contributed by atoms with Crippen LogP contribution < -0.4 is 5.73 Å². The Kier molecular flexibility index (Phi) is 2.33. The first-order chi connectivity index (χ1) is 6.77. The Morgan fingerprint density at radius 1 is 1.21 bits per heavy atom. The Morgan fingerprint density at radius 2 is 2.07 bits per heavy atom. The van der Waals surface area contributed by atoms with Gasteiger partial charge in [-0.25, -0.2) is 0 Å². The van der Waals surface area contributed by atoms with Crippen LogP contribution in [0.25, 0.3) is 0 Å². The topological polar surface area (TPSA) is 43.1 Å². The molecule has 0 aliphatic rings. The number of benzene rings is 1. The van der Waals surface area contributed by atoms with Crippen molar-refractivity contribution in [1.29, 1.82) is 0 Å². The number of carbonyl (C=O) groups excluding carboxylic acids is 1. The maximum absolute atomic E-state index is 11.8. The molecule has 0 fully saturated rings. The summed E-state index contributed by atoms with van der Waals surface area (Å²) in [4.78, 5) is 12.6. The molecule has 70 valence electrons. The SMILES string of the molecule is Nc1cccc(C(=O)c2cccs2)c1. The van der Waals surface area contributed by atoms with E-state index in [1.807, 2.05) is 17.5 Å². The van der Waals surface area contributed by atoms with Crippen LogP contribution in [0, 0.1) is 0 Å². The number of carbonyl (C=O) groups is 1. The number of ketones is 1. The van der Waals surface area contributed by atoms with E-state index >= 15 is 0 Å². The fraction of sp³-hybridized carbons (Fsp3) is 0. The molecule has 1 aromatic heterocycles. The molecule has 0 saturated heterocycles. The summed E-state index contributed by atoms with van der Waals surface area (Å²) in [6, 6.07) is 10.7. The second-order valence-electron chi connectivity index (χ2n) is 2.93. The summed E-state index contributed by atoms with van der Waals surface area (Å²) in [6.45, 7) is 0. The van der Waals surface area contributed by atoms with E-state index in [9.17, 15) is 4.79 Å². The number of hydrogen-bond acceptors (Lipinski definition) is 3. The molecular formula is C11H9NOS. The first-order valence-electron chi connectivity index (χ1n) is 4.21. The van der Waals surface area contributed by atoms with Gasteiger partial charge < -0.3 is 5.73 Å². The van der Waals surface area contributed by atoms with E-state index in [0.29, 0.717) is 11.3 Å². The van der Waals surface area contributed by atoms with Crippen molar-refractivity contribution in [2.75, 3.05) is 5.73 Å². The summed E-state index contributed by atoms with van der Waals surface area (Å²) in [5.74, 6) is 0.0345. The van der Waals surface area contributed by atoms with Crippen molar-refractivity contribution in [2.24, 2.45) is 0 Å². The van der Waals surface area contributed by atoms with Crippen LogP contribution in [0.5, 0.6) is 0 Å². The third kappa shape index (κ3) is 1.67. The van der Waals surface area contributed by atoms with Crippen molar-refractivity contribution in [2.45, 2.75) is 0 Å². The van der Waals surface area contributed by atoms with Gasteiger partial charge in [-0.3, -0.25) is 4.79 Å². The Morgan fingerprint density at radius 3 is 2.71 bits per heavy atom. The fourth-order valence-electron chi connectivity index (χ4n) is 1.23. The second-order valence-corrected chi connectivity index (χ2v) is 3.88. The first-order valence-corrected chi connectivity index (χ1v) is 5.09. The minimum atomic E-state index is 0.0345. The highest BCUT2D eigenvalue weighted by atomic mass is 32.1. The summed E-state index contributed by atoms with van der Waals surface area (Å²) in [5.41, 5.74) is 6.86. The Hall–Kier alpha value is -1.61. The number of nitrogens with two attached hydrogens (primary N) is 1. The highest BCUT2D eigenvalue weighted by Gasteiger charge is 2.09.